The van der Waals surface area contributed by atoms with Crippen molar-refractivity contribution in [1.82, 2.24) is 10.2 Å². The maximum absolute atomic E-state index is 13.0. The minimum Gasteiger partial charge on any atom is -0.459 e. The highest BCUT2D eigenvalue weighted by Crippen LogP contribution is 2.39. The summed E-state index contributed by atoms with van der Waals surface area (Å²) >= 11 is 0. The Bertz CT molecular complexity index is 1430. The van der Waals surface area contributed by atoms with E-state index in [-0.39, 0.29) is 36.7 Å². The maximum atomic E-state index is 13.0. The predicted octanol–water partition coefficient (Wildman–Crippen LogP) is 5.83. The summed E-state index contributed by atoms with van der Waals surface area (Å²) in [6, 6.07) is 23.9. The average Bonchev–Trinajstić information content (AvgIpc) is 3.47. The van der Waals surface area contributed by atoms with E-state index >= 15 is 0 Å². The fraction of sp³-hybridized carbons (Fsp3) is 0.444. The van der Waals surface area contributed by atoms with Crippen LogP contribution < -0.4 is 5.32 Å². The van der Waals surface area contributed by atoms with Crippen molar-refractivity contribution in [2.75, 3.05) is 13.1 Å². The summed E-state index contributed by atoms with van der Waals surface area (Å²) in [4.78, 5) is 26.7. The fourth-order valence-corrected chi connectivity index (χ4v) is 5.93. The van der Waals surface area contributed by atoms with Crippen LogP contribution in [0.2, 0.25) is 0 Å². The zero-order valence-electron chi connectivity index (χ0n) is 26.1. The van der Waals surface area contributed by atoms with Gasteiger partial charge in [-0.15, -0.1) is 0 Å². The Balaban J connectivity index is 1.38. The molecule has 1 amide bonds. The van der Waals surface area contributed by atoms with Gasteiger partial charge in [-0.3, -0.25) is 14.5 Å². The monoisotopic (exact) mass is 600 g/mol. The quantitative estimate of drug-likeness (QED) is 0.298. The van der Waals surface area contributed by atoms with Gasteiger partial charge in [-0.2, -0.15) is 0 Å². The van der Waals surface area contributed by atoms with E-state index in [1.165, 1.54) is 6.92 Å². The van der Waals surface area contributed by atoms with Crippen molar-refractivity contribution < 1.29 is 28.9 Å². The molecular weight excluding hydrogens is 556 g/mol. The van der Waals surface area contributed by atoms with E-state index in [4.69, 9.17) is 14.2 Å². The Hall–Kier alpha value is -3.56. The third-order valence-corrected chi connectivity index (χ3v) is 8.06. The molecule has 2 aliphatic rings. The van der Waals surface area contributed by atoms with Gasteiger partial charge in [0.1, 0.15) is 11.6 Å². The molecule has 234 valence electrons. The normalized spacial score (nSPS) is 22.5. The lowest BCUT2D eigenvalue weighted by Gasteiger charge is -2.38. The molecule has 3 aromatic rings. The van der Waals surface area contributed by atoms with Crippen LogP contribution in [0.1, 0.15) is 81.6 Å². The molecule has 4 atom stereocenters. The highest BCUT2D eigenvalue weighted by molar-refractivity contribution is 5.76. The molecule has 2 aliphatic heterocycles. The van der Waals surface area contributed by atoms with Crippen molar-refractivity contribution in [3.05, 3.63) is 95.1 Å². The van der Waals surface area contributed by atoms with Gasteiger partial charge in [0.15, 0.2) is 6.29 Å². The van der Waals surface area contributed by atoms with Crippen LogP contribution >= 0.6 is 0 Å². The van der Waals surface area contributed by atoms with Gasteiger partial charge in [0.05, 0.1) is 18.8 Å². The molecule has 2 heterocycles. The first-order chi connectivity index (χ1) is 21.1. The highest BCUT2D eigenvalue weighted by Gasteiger charge is 2.39. The second-order valence-corrected chi connectivity index (χ2v) is 12.8. The molecule has 0 radical (unpaired) electrons. The molecule has 2 fully saturated rings. The molecular formula is C36H44N2O6. The number of hydrogen-bond acceptors (Lipinski definition) is 7. The van der Waals surface area contributed by atoms with Crippen molar-refractivity contribution in [2.24, 2.45) is 0 Å². The number of hydrogen-bond donors (Lipinski definition) is 2. The SMILES string of the molecule is CC(=O)NCc1cccc(-c2cccc([C@H]3O[C@@H](CN4CCC[C@H]4C(=O)OC(C)(C)C)C[C@@H](c4ccc(CO)cc4)O3)c2)c1. The number of rotatable bonds is 9. The number of aliphatic hydroxyl groups excluding tert-OH is 1. The smallest absolute Gasteiger partial charge is 0.323 e. The topological polar surface area (TPSA) is 97.3 Å². The van der Waals surface area contributed by atoms with Gasteiger partial charge in [0.2, 0.25) is 5.91 Å². The lowest BCUT2D eigenvalue weighted by atomic mass is 9.98. The summed E-state index contributed by atoms with van der Waals surface area (Å²) in [6.45, 7) is 9.08. The Morgan fingerprint density at radius 1 is 0.955 bits per heavy atom. The predicted molar refractivity (Wildman–Crippen MR) is 168 cm³/mol. The molecule has 0 aliphatic carbocycles. The lowest BCUT2D eigenvalue weighted by molar-refractivity contribution is -0.253. The number of carbonyl (C=O) groups is 2. The largest absolute Gasteiger partial charge is 0.459 e. The zero-order valence-corrected chi connectivity index (χ0v) is 26.1. The van der Waals surface area contributed by atoms with E-state index in [0.29, 0.717) is 19.5 Å². The van der Waals surface area contributed by atoms with E-state index < -0.39 is 11.9 Å². The molecule has 8 heteroatoms. The summed E-state index contributed by atoms with van der Waals surface area (Å²) in [7, 11) is 0. The van der Waals surface area contributed by atoms with Crippen molar-refractivity contribution in [2.45, 2.75) is 90.2 Å². The molecule has 5 rings (SSSR count). The summed E-state index contributed by atoms with van der Waals surface area (Å²) in [6.07, 6.45) is 1.34. The Kier molecular flexibility index (Phi) is 10.2. The second-order valence-electron chi connectivity index (χ2n) is 12.8. The summed E-state index contributed by atoms with van der Waals surface area (Å²) in [5.41, 5.74) is 5.31. The van der Waals surface area contributed by atoms with Crippen LogP contribution in [0.5, 0.6) is 0 Å². The number of nitrogens with one attached hydrogen (secondary N) is 1. The van der Waals surface area contributed by atoms with Crippen LogP contribution in [0, 0.1) is 0 Å². The van der Waals surface area contributed by atoms with Gasteiger partial charge < -0.3 is 24.6 Å². The first kappa shape index (κ1) is 31.9. The van der Waals surface area contributed by atoms with Crippen molar-refractivity contribution in [1.29, 1.82) is 0 Å². The van der Waals surface area contributed by atoms with Crippen LogP contribution in [-0.4, -0.2) is 52.7 Å². The van der Waals surface area contributed by atoms with Crippen LogP contribution in [0.3, 0.4) is 0 Å². The molecule has 0 aromatic heterocycles. The molecule has 2 N–H and O–H groups in total. The molecule has 0 unspecified atom stereocenters. The van der Waals surface area contributed by atoms with Crippen LogP contribution in [0.25, 0.3) is 11.1 Å². The number of ether oxygens (including phenoxy) is 3. The number of carbonyl (C=O) groups excluding carboxylic acids is 2. The van der Waals surface area contributed by atoms with E-state index in [2.05, 4.69) is 34.5 Å². The molecule has 2 saturated heterocycles. The molecule has 0 spiro atoms. The minimum atomic E-state index is -0.610. The van der Waals surface area contributed by atoms with Gasteiger partial charge in [0, 0.05) is 32.0 Å². The number of likely N-dealkylation sites (tertiary alicyclic amines) is 1. The third kappa shape index (κ3) is 8.33. The molecule has 0 saturated carbocycles. The van der Waals surface area contributed by atoms with Crippen LogP contribution in [0.4, 0.5) is 0 Å². The Morgan fingerprint density at radius 2 is 1.68 bits per heavy atom. The van der Waals surface area contributed by atoms with Gasteiger partial charge in [-0.05, 0) is 80.1 Å². The van der Waals surface area contributed by atoms with Gasteiger partial charge in [-0.1, -0.05) is 60.7 Å². The molecule has 8 nitrogen and oxygen atoms in total. The van der Waals surface area contributed by atoms with Crippen LogP contribution in [0.15, 0.2) is 72.8 Å². The van der Waals surface area contributed by atoms with Crippen LogP contribution in [-0.2, 0) is 37.0 Å². The number of esters is 1. The molecule has 44 heavy (non-hydrogen) atoms. The minimum absolute atomic E-state index is 0.0139. The van der Waals surface area contributed by atoms with Crippen molar-refractivity contribution in [3.63, 3.8) is 0 Å². The van der Waals surface area contributed by atoms with E-state index in [9.17, 15) is 14.7 Å². The summed E-state index contributed by atoms with van der Waals surface area (Å²) < 4.78 is 19.0. The lowest BCUT2D eigenvalue weighted by Crippen LogP contribution is -2.45. The number of nitrogens with zero attached hydrogens (tertiary/aromatic N) is 1. The fourth-order valence-electron chi connectivity index (χ4n) is 5.93. The summed E-state index contributed by atoms with van der Waals surface area (Å²) in [5, 5.41) is 12.4. The first-order valence-corrected chi connectivity index (χ1v) is 15.5. The molecule has 3 aromatic carbocycles. The van der Waals surface area contributed by atoms with Gasteiger partial charge >= 0.3 is 5.97 Å². The summed E-state index contributed by atoms with van der Waals surface area (Å²) in [5.74, 6) is -0.242. The standard InChI is InChI=1S/C36H44N2O6/c1-24(40)37-21-26-8-5-9-28(18-26)29-10-6-11-30(19-29)35-42-31(20-33(43-35)27-15-13-25(23-39)14-16-27)22-38-17-7-12-32(38)34(41)44-36(2,3)4/h5-6,8-11,13-16,18-19,31-33,35,39H,7,12,17,20-23H2,1-4H3,(H,37,40)/t31-,32+,33+,35+/m1/s1. The van der Waals surface area contributed by atoms with Crippen molar-refractivity contribution >= 4 is 11.9 Å². The number of amides is 1. The third-order valence-electron chi connectivity index (χ3n) is 8.06. The zero-order chi connectivity index (χ0) is 31.3. The molecule has 0 bridgehead atoms. The second kappa shape index (κ2) is 14.0. The van der Waals surface area contributed by atoms with Crippen molar-refractivity contribution in [3.8, 4) is 11.1 Å². The van der Waals surface area contributed by atoms with E-state index in [1.807, 2.05) is 69.3 Å². The number of aliphatic hydroxyl groups is 1. The first-order valence-electron chi connectivity index (χ1n) is 15.5. The average molecular weight is 601 g/mol. The number of benzene rings is 3. The van der Waals surface area contributed by atoms with Gasteiger partial charge in [0.25, 0.3) is 0 Å². The van der Waals surface area contributed by atoms with E-state index in [0.717, 1.165) is 52.8 Å². The Morgan fingerprint density at radius 3 is 2.39 bits per heavy atom. The maximum Gasteiger partial charge on any atom is 0.323 e. The van der Waals surface area contributed by atoms with E-state index in [1.54, 1.807) is 0 Å². The Labute approximate surface area is 260 Å². The highest BCUT2D eigenvalue weighted by atomic mass is 16.7. The van der Waals surface area contributed by atoms with Gasteiger partial charge in [-0.25, -0.2) is 0 Å².